The van der Waals surface area contributed by atoms with E-state index >= 15 is 0 Å². The minimum absolute atomic E-state index is 0.264. The lowest BCUT2D eigenvalue weighted by molar-refractivity contribution is 0.0747. The van der Waals surface area contributed by atoms with Crippen molar-refractivity contribution in [3.63, 3.8) is 0 Å². The van der Waals surface area contributed by atoms with Gasteiger partial charge >= 0.3 is 0 Å². The molecule has 0 aliphatic heterocycles. The van der Waals surface area contributed by atoms with Crippen LogP contribution in [0.15, 0.2) is 54.6 Å². The molecule has 0 heterocycles. The van der Waals surface area contributed by atoms with Crippen LogP contribution in [0.3, 0.4) is 0 Å². The summed E-state index contributed by atoms with van der Waals surface area (Å²) in [5, 5.41) is 9.98. The predicted molar refractivity (Wildman–Crippen MR) is 66.9 cm³/mol. The van der Waals surface area contributed by atoms with E-state index in [0.29, 0.717) is 11.1 Å². The molecule has 2 nitrogen and oxygen atoms in total. The number of ketones is 1. The average molecular weight is 226 g/mol. The first kappa shape index (κ1) is 11.6. The van der Waals surface area contributed by atoms with E-state index in [1.54, 1.807) is 24.3 Å². The maximum atomic E-state index is 12.0. The third-order valence-corrected chi connectivity index (χ3v) is 2.67. The first-order chi connectivity index (χ1) is 8.18. The second-order valence-electron chi connectivity index (χ2n) is 4.05. The lowest BCUT2D eigenvalue weighted by Gasteiger charge is -2.10. The van der Waals surface area contributed by atoms with E-state index in [4.69, 9.17) is 0 Å². The lowest BCUT2D eigenvalue weighted by atomic mass is 9.99. The molecule has 0 bridgehead atoms. The second-order valence-corrected chi connectivity index (χ2v) is 4.05. The fourth-order valence-electron chi connectivity index (χ4n) is 1.74. The molecule has 2 heteroatoms. The van der Waals surface area contributed by atoms with Crippen molar-refractivity contribution in [3.05, 3.63) is 71.3 Å². The van der Waals surface area contributed by atoms with Crippen LogP contribution in [-0.4, -0.2) is 10.9 Å². The number of carbonyl (C=O) groups is 1. The second kappa shape index (κ2) is 4.93. The maximum absolute atomic E-state index is 12.0. The summed E-state index contributed by atoms with van der Waals surface area (Å²) in [5.74, 6) is -0.264. The zero-order valence-corrected chi connectivity index (χ0v) is 9.63. The van der Waals surface area contributed by atoms with Crippen LogP contribution < -0.4 is 0 Å². The van der Waals surface area contributed by atoms with Crippen LogP contribution in [0.1, 0.15) is 27.6 Å². The highest BCUT2D eigenvalue weighted by Gasteiger charge is 2.18. The molecule has 1 unspecified atom stereocenters. The van der Waals surface area contributed by atoms with Gasteiger partial charge in [-0.15, -0.1) is 0 Å². The molecule has 0 aliphatic rings. The molecule has 17 heavy (non-hydrogen) atoms. The van der Waals surface area contributed by atoms with E-state index in [2.05, 4.69) is 0 Å². The molecule has 2 rings (SSSR count). The van der Waals surface area contributed by atoms with Crippen LogP contribution in [0, 0.1) is 6.92 Å². The van der Waals surface area contributed by atoms with Crippen molar-refractivity contribution in [2.24, 2.45) is 0 Å². The highest BCUT2D eigenvalue weighted by atomic mass is 16.3. The van der Waals surface area contributed by atoms with Crippen molar-refractivity contribution >= 4 is 5.78 Å². The Bertz CT molecular complexity index is 517. The summed E-state index contributed by atoms with van der Waals surface area (Å²) in [5.41, 5.74) is 2.18. The summed E-state index contributed by atoms with van der Waals surface area (Å²) >= 11 is 0. The molecule has 1 N–H and O–H groups in total. The normalized spacial score (nSPS) is 12.1. The molecule has 0 saturated heterocycles. The molecule has 0 spiro atoms. The Morgan fingerprint density at radius 3 is 2.41 bits per heavy atom. The van der Waals surface area contributed by atoms with Crippen molar-refractivity contribution in [2.75, 3.05) is 0 Å². The van der Waals surface area contributed by atoms with Crippen molar-refractivity contribution in [1.29, 1.82) is 0 Å². The minimum atomic E-state index is -1.09. The lowest BCUT2D eigenvalue weighted by Crippen LogP contribution is -2.12. The number of rotatable bonds is 3. The Morgan fingerprint density at radius 1 is 1.06 bits per heavy atom. The molecule has 0 radical (unpaired) electrons. The topological polar surface area (TPSA) is 37.3 Å². The van der Waals surface area contributed by atoms with Crippen LogP contribution >= 0.6 is 0 Å². The largest absolute Gasteiger partial charge is 0.380 e. The van der Waals surface area contributed by atoms with Gasteiger partial charge in [0, 0.05) is 5.56 Å². The average Bonchev–Trinajstić information content (AvgIpc) is 2.38. The number of aliphatic hydroxyl groups excluding tert-OH is 1. The van der Waals surface area contributed by atoms with Crippen molar-refractivity contribution in [3.8, 4) is 0 Å². The minimum Gasteiger partial charge on any atom is -0.380 e. The van der Waals surface area contributed by atoms with E-state index in [1.165, 1.54) is 0 Å². The smallest absolute Gasteiger partial charge is 0.195 e. The van der Waals surface area contributed by atoms with Gasteiger partial charge in [0.25, 0.3) is 0 Å². The zero-order valence-electron chi connectivity index (χ0n) is 9.63. The monoisotopic (exact) mass is 226 g/mol. The number of hydrogen-bond acceptors (Lipinski definition) is 2. The van der Waals surface area contributed by atoms with Gasteiger partial charge in [-0.3, -0.25) is 4.79 Å². The quantitative estimate of drug-likeness (QED) is 0.817. The zero-order chi connectivity index (χ0) is 12.3. The van der Waals surface area contributed by atoms with Gasteiger partial charge in [0.1, 0.15) is 6.10 Å². The van der Waals surface area contributed by atoms with Gasteiger partial charge in [0.2, 0.25) is 0 Å². The van der Waals surface area contributed by atoms with E-state index in [-0.39, 0.29) is 5.78 Å². The maximum Gasteiger partial charge on any atom is 0.195 e. The van der Waals surface area contributed by atoms with E-state index in [1.807, 2.05) is 37.3 Å². The van der Waals surface area contributed by atoms with Crippen molar-refractivity contribution in [1.82, 2.24) is 0 Å². The molecular formula is C15H14O2. The first-order valence-electron chi connectivity index (χ1n) is 5.52. The van der Waals surface area contributed by atoms with Crippen LogP contribution in [0.5, 0.6) is 0 Å². The van der Waals surface area contributed by atoms with Gasteiger partial charge in [-0.05, 0) is 18.6 Å². The summed E-state index contributed by atoms with van der Waals surface area (Å²) in [6, 6.07) is 16.2. The highest BCUT2D eigenvalue weighted by molar-refractivity contribution is 5.99. The van der Waals surface area contributed by atoms with E-state index < -0.39 is 6.10 Å². The third kappa shape index (κ3) is 2.60. The number of hydrogen-bond donors (Lipinski definition) is 1. The summed E-state index contributed by atoms with van der Waals surface area (Å²) in [6.07, 6.45) is -1.09. The van der Waals surface area contributed by atoms with Gasteiger partial charge in [-0.25, -0.2) is 0 Å². The fraction of sp³-hybridized carbons (Fsp3) is 0.133. The van der Waals surface area contributed by atoms with Crippen LogP contribution in [0.25, 0.3) is 0 Å². The van der Waals surface area contributed by atoms with Crippen LogP contribution in [-0.2, 0) is 0 Å². The van der Waals surface area contributed by atoms with Gasteiger partial charge in [0.15, 0.2) is 5.78 Å². The molecule has 1 atom stereocenters. The molecule has 2 aromatic carbocycles. The van der Waals surface area contributed by atoms with Crippen LogP contribution in [0.2, 0.25) is 0 Å². The molecule has 86 valence electrons. The number of benzene rings is 2. The number of carbonyl (C=O) groups excluding carboxylic acids is 1. The summed E-state index contributed by atoms with van der Waals surface area (Å²) in [6.45, 7) is 1.92. The summed E-state index contributed by atoms with van der Waals surface area (Å²) in [7, 11) is 0. The molecule has 0 aliphatic carbocycles. The molecular weight excluding hydrogens is 212 g/mol. The number of aryl methyl sites for hydroxylation is 1. The fourth-order valence-corrected chi connectivity index (χ4v) is 1.74. The standard InChI is InChI=1S/C15H14O2/c1-11-6-5-9-13(10-11)15(17)14(16)12-7-3-2-4-8-12/h2-10,14,16H,1H3. The predicted octanol–water partition coefficient (Wildman–Crippen LogP) is 2.91. The highest BCUT2D eigenvalue weighted by Crippen LogP contribution is 2.18. The molecule has 0 amide bonds. The molecule has 0 saturated carbocycles. The van der Waals surface area contributed by atoms with Gasteiger partial charge in [0.05, 0.1) is 0 Å². The van der Waals surface area contributed by atoms with Crippen molar-refractivity contribution in [2.45, 2.75) is 13.0 Å². The Morgan fingerprint density at radius 2 is 1.76 bits per heavy atom. The summed E-state index contributed by atoms with van der Waals surface area (Å²) < 4.78 is 0. The molecule has 0 aromatic heterocycles. The molecule has 0 fully saturated rings. The molecule has 2 aromatic rings. The Balaban J connectivity index is 2.27. The Hall–Kier alpha value is -1.93. The Kier molecular flexibility index (Phi) is 3.35. The number of aliphatic hydroxyl groups is 1. The van der Waals surface area contributed by atoms with Gasteiger partial charge in [-0.1, -0.05) is 54.1 Å². The first-order valence-corrected chi connectivity index (χ1v) is 5.52. The number of Topliss-reactive ketones (excluding diaryl/α,β-unsaturated/α-hetero) is 1. The SMILES string of the molecule is Cc1cccc(C(=O)C(O)c2ccccc2)c1. The van der Waals surface area contributed by atoms with E-state index in [9.17, 15) is 9.90 Å². The van der Waals surface area contributed by atoms with E-state index in [0.717, 1.165) is 5.56 Å². The Labute approximate surface area is 101 Å². The van der Waals surface area contributed by atoms with Crippen molar-refractivity contribution < 1.29 is 9.90 Å². The van der Waals surface area contributed by atoms with Crippen LogP contribution in [0.4, 0.5) is 0 Å². The van der Waals surface area contributed by atoms with Gasteiger partial charge < -0.3 is 5.11 Å². The third-order valence-electron chi connectivity index (χ3n) is 2.67. The van der Waals surface area contributed by atoms with Gasteiger partial charge in [-0.2, -0.15) is 0 Å². The summed E-state index contributed by atoms with van der Waals surface area (Å²) in [4.78, 5) is 12.0.